The molecule has 3 rings (SSSR count). The minimum Gasteiger partial charge on any atom is -0.298 e. The summed E-state index contributed by atoms with van der Waals surface area (Å²) < 4.78 is 27.1. The van der Waals surface area contributed by atoms with Crippen molar-refractivity contribution in [1.82, 2.24) is 8.96 Å². The van der Waals surface area contributed by atoms with E-state index in [1.54, 1.807) is 24.3 Å². The van der Waals surface area contributed by atoms with E-state index in [1.807, 2.05) is 13.8 Å². The SMILES string of the molecule is CCc1cn(S(=O)(=O)c2ccc(C)cc2)c2ncc(C=O)c(Cl)c12. The number of aldehydes is 1. The van der Waals surface area contributed by atoms with E-state index in [0.29, 0.717) is 18.1 Å². The zero-order valence-electron chi connectivity index (χ0n) is 13.2. The third-order valence-electron chi connectivity index (χ3n) is 3.91. The molecule has 0 N–H and O–H groups in total. The van der Waals surface area contributed by atoms with E-state index in [1.165, 1.54) is 12.4 Å². The van der Waals surface area contributed by atoms with Gasteiger partial charge in [-0.3, -0.25) is 4.79 Å². The number of pyridine rings is 1. The van der Waals surface area contributed by atoms with E-state index in [9.17, 15) is 13.2 Å². The van der Waals surface area contributed by atoms with Gasteiger partial charge in [-0.15, -0.1) is 0 Å². The van der Waals surface area contributed by atoms with Crippen LogP contribution in [0.5, 0.6) is 0 Å². The number of benzene rings is 1. The Hall–Kier alpha value is -2.18. The Labute approximate surface area is 144 Å². The number of fused-ring (bicyclic) bond motifs is 1. The number of rotatable bonds is 4. The molecule has 3 aromatic rings. The topological polar surface area (TPSA) is 69.0 Å². The lowest BCUT2D eigenvalue weighted by Crippen LogP contribution is -2.12. The Balaban J connectivity index is 2.32. The summed E-state index contributed by atoms with van der Waals surface area (Å²) in [6, 6.07) is 6.60. The molecule has 0 saturated carbocycles. The first kappa shape index (κ1) is 16.7. The van der Waals surface area contributed by atoms with Gasteiger partial charge in [-0.25, -0.2) is 17.4 Å². The van der Waals surface area contributed by atoms with Crippen LogP contribution in [0.2, 0.25) is 5.02 Å². The van der Waals surface area contributed by atoms with E-state index in [2.05, 4.69) is 4.98 Å². The average molecular weight is 363 g/mol. The molecule has 0 bridgehead atoms. The number of nitrogens with zero attached hydrogens (tertiary/aromatic N) is 2. The third-order valence-corrected chi connectivity index (χ3v) is 5.98. The van der Waals surface area contributed by atoms with Crippen LogP contribution in [0.15, 0.2) is 41.6 Å². The summed E-state index contributed by atoms with van der Waals surface area (Å²) in [5.41, 5.74) is 2.16. The molecule has 0 saturated heterocycles. The van der Waals surface area contributed by atoms with E-state index in [-0.39, 0.29) is 21.1 Å². The van der Waals surface area contributed by atoms with Crippen molar-refractivity contribution < 1.29 is 13.2 Å². The highest BCUT2D eigenvalue weighted by molar-refractivity contribution is 7.90. The molecule has 1 aromatic carbocycles. The molecule has 0 radical (unpaired) electrons. The van der Waals surface area contributed by atoms with Gasteiger partial charge in [0.1, 0.15) is 0 Å². The maximum absolute atomic E-state index is 13.0. The first-order chi connectivity index (χ1) is 11.4. The molecule has 0 unspecified atom stereocenters. The molecule has 0 amide bonds. The molecule has 24 heavy (non-hydrogen) atoms. The van der Waals surface area contributed by atoms with Gasteiger partial charge in [-0.2, -0.15) is 0 Å². The van der Waals surface area contributed by atoms with Crippen molar-refractivity contribution in [1.29, 1.82) is 0 Å². The Kier molecular flexibility index (Phi) is 4.19. The van der Waals surface area contributed by atoms with Crippen molar-refractivity contribution in [3.05, 3.63) is 58.4 Å². The highest BCUT2D eigenvalue weighted by atomic mass is 35.5. The molecule has 0 aliphatic rings. The molecule has 0 aliphatic heterocycles. The largest absolute Gasteiger partial charge is 0.298 e. The molecular formula is C17H15ClN2O3S. The zero-order valence-corrected chi connectivity index (χ0v) is 14.7. The van der Waals surface area contributed by atoms with Crippen molar-refractivity contribution in [3.63, 3.8) is 0 Å². The molecule has 124 valence electrons. The van der Waals surface area contributed by atoms with Gasteiger partial charge in [0.15, 0.2) is 11.9 Å². The van der Waals surface area contributed by atoms with Crippen LogP contribution in [-0.4, -0.2) is 23.7 Å². The maximum Gasteiger partial charge on any atom is 0.269 e. The Morgan fingerprint density at radius 1 is 1.25 bits per heavy atom. The molecular weight excluding hydrogens is 348 g/mol. The van der Waals surface area contributed by atoms with Gasteiger partial charge in [0.2, 0.25) is 0 Å². The van der Waals surface area contributed by atoms with Crippen LogP contribution in [0.1, 0.15) is 28.4 Å². The summed E-state index contributed by atoms with van der Waals surface area (Å²) in [6.07, 6.45) is 3.99. The Bertz CT molecular complexity index is 1040. The maximum atomic E-state index is 13.0. The van der Waals surface area contributed by atoms with Crippen LogP contribution in [-0.2, 0) is 16.4 Å². The second-order valence-corrected chi connectivity index (χ2v) is 7.66. The van der Waals surface area contributed by atoms with Crippen LogP contribution in [0.3, 0.4) is 0 Å². The lowest BCUT2D eigenvalue weighted by Gasteiger charge is -2.07. The number of halogens is 1. The predicted molar refractivity (Wildman–Crippen MR) is 93.3 cm³/mol. The fourth-order valence-electron chi connectivity index (χ4n) is 2.57. The highest BCUT2D eigenvalue weighted by Crippen LogP contribution is 2.32. The summed E-state index contributed by atoms with van der Waals surface area (Å²) in [6.45, 7) is 3.78. The van der Waals surface area contributed by atoms with Crippen LogP contribution in [0, 0.1) is 6.92 Å². The predicted octanol–water partition coefficient (Wildman–Crippen LogP) is 3.61. The minimum absolute atomic E-state index is 0.171. The van der Waals surface area contributed by atoms with Crippen LogP contribution in [0.25, 0.3) is 11.0 Å². The monoisotopic (exact) mass is 362 g/mol. The molecule has 7 heteroatoms. The Morgan fingerprint density at radius 2 is 1.92 bits per heavy atom. The van der Waals surface area contributed by atoms with Gasteiger partial charge in [0.25, 0.3) is 10.0 Å². The summed E-state index contributed by atoms with van der Waals surface area (Å²) in [5.74, 6) is 0. The lowest BCUT2D eigenvalue weighted by atomic mass is 10.1. The highest BCUT2D eigenvalue weighted by Gasteiger charge is 2.23. The first-order valence-corrected chi connectivity index (χ1v) is 9.17. The number of carbonyl (C=O) groups excluding carboxylic acids is 1. The number of aryl methyl sites for hydroxylation is 2. The summed E-state index contributed by atoms with van der Waals surface area (Å²) in [7, 11) is -3.80. The standard InChI is InChI=1S/C17H15ClN2O3S/c1-3-12-9-20(17-15(12)16(18)13(10-21)8-19-17)24(22,23)14-6-4-11(2)5-7-14/h4-10H,3H2,1-2H3. The second-order valence-electron chi connectivity index (χ2n) is 5.47. The lowest BCUT2D eigenvalue weighted by molar-refractivity contribution is 0.112. The number of aromatic nitrogens is 2. The van der Waals surface area contributed by atoms with Gasteiger partial charge in [-0.05, 0) is 31.0 Å². The number of hydrogen-bond acceptors (Lipinski definition) is 4. The number of carbonyl (C=O) groups is 1. The van der Waals surface area contributed by atoms with Crippen LogP contribution < -0.4 is 0 Å². The zero-order chi connectivity index (χ0) is 17.5. The third kappa shape index (κ3) is 2.52. The van der Waals surface area contributed by atoms with E-state index in [0.717, 1.165) is 15.1 Å². The molecule has 5 nitrogen and oxygen atoms in total. The summed E-state index contributed by atoms with van der Waals surface area (Å²) in [4.78, 5) is 15.4. The number of hydrogen-bond donors (Lipinski definition) is 0. The quantitative estimate of drug-likeness (QED) is 0.665. The van der Waals surface area contributed by atoms with Crippen molar-refractivity contribution in [2.75, 3.05) is 0 Å². The fraction of sp³-hybridized carbons (Fsp3) is 0.176. The van der Waals surface area contributed by atoms with E-state index >= 15 is 0 Å². The van der Waals surface area contributed by atoms with E-state index in [4.69, 9.17) is 11.6 Å². The van der Waals surface area contributed by atoms with Gasteiger partial charge in [0, 0.05) is 17.8 Å². The van der Waals surface area contributed by atoms with Crippen LogP contribution >= 0.6 is 11.6 Å². The summed E-state index contributed by atoms with van der Waals surface area (Å²) in [5, 5.41) is 0.726. The minimum atomic E-state index is -3.80. The van der Waals surface area contributed by atoms with Crippen molar-refractivity contribution in [2.45, 2.75) is 25.2 Å². The summed E-state index contributed by atoms with van der Waals surface area (Å²) >= 11 is 6.28. The molecule has 0 atom stereocenters. The van der Waals surface area contributed by atoms with Gasteiger partial charge < -0.3 is 0 Å². The van der Waals surface area contributed by atoms with Gasteiger partial charge in [0.05, 0.1) is 15.5 Å². The average Bonchev–Trinajstić information content (AvgIpc) is 2.96. The fourth-order valence-corrected chi connectivity index (χ4v) is 4.21. The normalized spacial score (nSPS) is 11.8. The van der Waals surface area contributed by atoms with Gasteiger partial charge in [-0.1, -0.05) is 36.2 Å². The molecule has 2 aromatic heterocycles. The molecule has 0 fully saturated rings. The van der Waals surface area contributed by atoms with Crippen molar-refractivity contribution in [3.8, 4) is 0 Å². The smallest absolute Gasteiger partial charge is 0.269 e. The molecule has 2 heterocycles. The van der Waals surface area contributed by atoms with Crippen molar-refractivity contribution >= 4 is 38.9 Å². The Morgan fingerprint density at radius 3 is 2.50 bits per heavy atom. The first-order valence-electron chi connectivity index (χ1n) is 7.36. The molecule has 0 spiro atoms. The van der Waals surface area contributed by atoms with Gasteiger partial charge >= 0.3 is 0 Å². The van der Waals surface area contributed by atoms with E-state index < -0.39 is 10.0 Å². The van der Waals surface area contributed by atoms with Crippen molar-refractivity contribution in [2.24, 2.45) is 0 Å². The second kappa shape index (κ2) is 6.03. The molecule has 0 aliphatic carbocycles. The van der Waals surface area contributed by atoms with Crippen LogP contribution in [0.4, 0.5) is 0 Å².